The van der Waals surface area contributed by atoms with Crippen molar-refractivity contribution in [2.24, 2.45) is 0 Å². The minimum atomic E-state index is -0.417. The summed E-state index contributed by atoms with van der Waals surface area (Å²) in [6, 6.07) is 6.18. The Hall–Kier alpha value is -2.14. The van der Waals surface area contributed by atoms with Crippen LogP contribution in [0.2, 0.25) is 0 Å². The molecule has 0 spiro atoms. The number of methoxy groups -OCH3 is 1. The van der Waals surface area contributed by atoms with E-state index in [9.17, 15) is 4.39 Å². The van der Waals surface area contributed by atoms with Gasteiger partial charge in [0.2, 0.25) is 0 Å². The third-order valence-corrected chi connectivity index (χ3v) is 3.34. The van der Waals surface area contributed by atoms with Crippen LogP contribution in [0.3, 0.4) is 0 Å². The summed E-state index contributed by atoms with van der Waals surface area (Å²) in [5, 5.41) is 3.09. The molecule has 3 N–H and O–H groups in total. The standard InChI is InChI=1S/C15H18FN3O/c1-9-7-8-19-15(17)12(9)14(18-2)13-10(16)5-4-6-11(13)20-3/h4-8,14,18H,1-3H3,(H2,17,19). The Morgan fingerprint density at radius 2 is 2.05 bits per heavy atom. The summed E-state index contributed by atoms with van der Waals surface area (Å²) in [5.74, 6) is 0.521. The zero-order valence-electron chi connectivity index (χ0n) is 11.8. The van der Waals surface area contributed by atoms with Crippen LogP contribution >= 0.6 is 0 Å². The summed E-state index contributed by atoms with van der Waals surface area (Å²) in [4.78, 5) is 4.09. The molecule has 2 aromatic rings. The maximum atomic E-state index is 14.2. The molecule has 0 aliphatic rings. The number of hydrogen-bond donors (Lipinski definition) is 2. The predicted octanol–water partition coefficient (Wildman–Crippen LogP) is 2.43. The zero-order valence-corrected chi connectivity index (χ0v) is 11.8. The van der Waals surface area contributed by atoms with Crippen molar-refractivity contribution in [3.8, 4) is 5.75 Å². The van der Waals surface area contributed by atoms with Crippen LogP contribution in [0.15, 0.2) is 30.5 Å². The number of rotatable bonds is 4. The summed E-state index contributed by atoms with van der Waals surface area (Å²) >= 11 is 0. The summed E-state index contributed by atoms with van der Waals surface area (Å²) < 4.78 is 19.5. The van der Waals surface area contributed by atoms with Crippen LogP contribution in [-0.4, -0.2) is 19.1 Å². The number of benzene rings is 1. The lowest BCUT2D eigenvalue weighted by Crippen LogP contribution is -2.22. The van der Waals surface area contributed by atoms with E-state index >= 15 is 0 Å². The first-order chi connectivity index (χ1) is 9.60. The van der Waals surface area contributed by atoms with E-state index in [2.05, 4.69) is 10.3 Å². The summed E-state index contributed by atoms with van der Waals surface area (Å²) in [6.07, 6.45) is 1.64. The molecule has 1 aromatic carbocycles. The lowest BCUT2D eigenvalue weighted by molar-refractivity contribution is 0.398. The second-order valence-electron chi connectivity index (χ2n) is 4.50. The minimum Gasteiger partial charge on any atom is -0.496 e. The number of hydrogen-bond acceptors (Lipinski definition) is 4. The molecule has 0 saturated carbocycles. The first kappa shape index (κ1) is 14.3. The van der Waals surface area contributed by atoms with Crippen molar-refractivity contribution >= 4 is 5.82 Å². The first-order valence-electron chi connectivity index (χ1n) is 6.30. The van der Waals surface area contributed by atoms with Gasteiger partial charge in [-0.1, -0.05) is 6.07 Å². The molecule has 106 valence electrons. The maximum absolute atomic E-state index is 14.2. The number of nitrogen functional groups attached to an aromatic ring is 1. The van der Waals surface area contributed by atoms with E-state index in [1.54, 1.807) is 25.4 Å². The summed E-state index contributed by atoms with van der Waals surface area (Å²) in [7, 11) is 3.27. The molecular weight excluding hydrogens is 257 g/mol. The van der Waals surface area contributed by atoms with E-state index in [1.807, 2.05) is 13.0 Å². The predicted molar refractivity (Wildman–Crippen MR) is 77.2 cm³/mol. The molecule has 20 heavy (non-hydrogen) atoms. The van der Waals surface area contributed by atoms with Gasteiger partial charge < -0.3 is 15.8 Å². The molecular formula is C15H18FN3O. The lowest BCUT2D eigenvalue weighted by atomic mass is 9.94. The smallest absolute Gasteiger partial charge is 0.132 e. The molecule has 0 bridgehead atoms. The summed E-state index contributed by atoms with van der Waals surface area (Å²) in [5.41, 5.74) is 8.10. The van der Waals surface area contributed by atoms with Crippen LogP contribution in [0.4, 0.5) is 10.2 Å². The van der Waals surface area contributed by atoms with Crippen LogP contribution < -0.4 is 15.8 Å². The minimum absolute atomic E-state index is 0.341. The number of halogens is 1. The second-order valence-corrected chi connectivity index (χ2v) is 4.50. The van der Waals surface area contributed by atoms with Gasteiger partial charge >= 0.3 is 0 Å². The van der Waals surface area contributed by atoms with Gasteiger partial charge in [-0.15, -0.1) is 0 Å². The maximum Gasteiger partial charge on any atom is 0.132 e. The number of aryl methyl sites for hydroxylation is 1. The lowest BCUT2D eigenvalue weighted by Gasteiger charge is -2.23. The fourth-order valence-corrected chi connectivity index (χ4v) is 2.37. The van der Waals surface area contributed by atoms with Gasteiger partial charge in [0.1, 0.15) is 17.4 Å². The molecule has 1 atom stereocenters. The number of ether oxygens (including phenoxy) is 1. The Morgan fingerprint density at radius 1 is 1.30 bits per heavy atom. The molecule has 0 aliphatic heterocycles. The van der Waals surface area contributed by atoms with Crippen molar-refractivity contribution in [2.75, 3.05) is 19.9 Å². The fourth-order valence-electron chi connectivity index (χ4n) is 2.37. The average Bonchev–Trinajstić information content (AvgIpc) is 2.43. The quantitative estimate of drug-likeness (QED) is 0.899. The Balaban J connectivity index is 2.65. The largest absolute Gasteiger partial charge is 0.496 e. The van der Waals surface area contributed by atoms with Gasteiger partial charge in [0.15, 0.2) is 0 Å². The third kappa shape index (κ3) is 2.44. The molecule has 0 amide bonds. The van der Waals surface area contributed by atoms with Gasteiger partial charge in [-0.05, 0) is 37.7 Å². The van der Waals surface area contributed by atoms with Gasteiger partial charge in [0.05, 0.1) is 18.7 Å². The molecule has 0 saturated heterocycles. The van der Waals surface area contributed by atoms with Crippen molar-refractivity contribution in [1.29, 1.82) is 0 Å². The molecule has 0 fully saturated rings. The highest BCUT2D eigenvalue weighted by atomic mass is 19.1. The van der Waals surface area contributed by atoms with Gasteiger partial charge in [-0.2, -0.15) is 0 Å². The molecule has 1 heterocycles. The van der Waals surface area contributed by atoms with Crippen molar-refractivity contribution in [1.82, 2.24) is 10.3 Å². The van der Waals surface area contributed by atoms with Crippen molar-refractivity contribution in [3.05, 3.63) is 53.0 Å². The van der Waals surface area contributed by atoms with Gasteiger partial charge in [-0.3, -0.25) is 0 Å². The molecule has 2 rings (SSSR count). The number of aromatic nitrogens is 1. The Labute approximate surface area is 117 Å². The molecule has 0 aliphatic carbocycles. The van der Waals surface area contributed by atoms with Crippen LogP contribution in [0.25, 0.3) is 0 Å². The topological polar surface area (TPSA) is 60.2 Å². The van der Waals surface area contributed by atoms with E-state index in [0.717, 1.165) is 11.1 Å². The number of nitrogens with two attached hydrogens (primary N) is 1. The Morgan fingerprint density at radius 3 is 2.65 bits per heavy atom. The highest BCUT2D eigenvalue weighted by molar-refractivity contribution is 5.52. The summed E-state index contributed by atoms with van der Waals surface area (Å²) in [6.45, 7) is 1.92. The average molecular weight is 275 g/mol. The number of pyridine rings is 1. The van der Waals surface area contributed by atoms with Crippen LogP contribution in [0.5, 0.6) is 5.75 Å². The van der Waals surface area contributed by atoms with Crippen molar-refractivity contribution in [3.63, 3.8) is 0 Å². The molecule has 4 nitrogen and oxygen atoms in total. The molecule has 1 unspecified atom stereocenters. The number of nitrogens with one attached hydrogen (secondary N) is 1. The Kier molecular flexibility index (Phi) is 4.20. The van der Waals surface area contributed by atoms with Crippen LogP contribution in [0, 0.1) is 12.7 Å². The van der Waals surface area contributed by atoms with E-state index in [1.165, 1.54) is 13.2 Å². The molecule has 1 aromatic heterocycles. The van der Waals surface area contributed by atoms with E-state index < -0.39 is 6.04 Å². The van der Waals surface area contributed by atoms with Crippen LogP contribution in [-0.2, 0) is 0 Å². The molecule has 0 radical (unpaired) electrons. The first-order valence-corrected chi connectivity index (χ1v) is 6.30. The number of anilines is 1. The monoisotopic (exact) mass is 275 g/mol. The van der Waals surface area contributed by atoms with Crippen molar-refractivity contribution < 1.29 is 9.13 Å². The SMILES string of the molecule is CNC(c1c(F)cccc1OC)c1c(C)ccnc1N. The van der Waals surface area contributed by atoms with Gasteiger partial charge in [0, 0.05) is 11.8 Å². The van der Waals surface area contributed by atoms with E-state index in [-0.39, 0.29) is 5.82 Å². The second kappa shape index (κ2) is 5.88. The van der Waals surface area contributed by atoms with E-state index in [0.29, 0.717) is 17.1 Å². The Bertz CT molecular complexity index is 596. The highest BCUT2D eigenvalue weighted by Gasteiger charge is 2.24. The van der Waals surface area contributed by atoms with Gasteiger partial charge in [-0.25, -0.2) is 9.37 Å². The van der Waals surface area contributed by atoms with Crippen molar-refractivity contribution in [2.45, 2.75) is 13.0 Å². The third-order valence-electron chi connectivity index (χ3n) is 3.34. The number of nitrogens with zero attached hydrogens (tertiary/aromatic N) is 1. The highest BCUT2D eigenvalue weighted by Crippen LogP contribution is 2.35. The fraction of sp³-hybridized carbons (Fsp3) is 0.267. The van der Waals surface area contributed by atoms with Crippen LogP contribution in [0.1, 0.15) is 22.7 Å². The van der Waals surface area contributed by atoms with Gasteiger partial charge in [0.25, 0.3) is 0 Å². The zero-order chi connectivity index (χ0) is 14.7. The van der Waals surface area contributed by atoms with E-state index in [4.69, 9.17) is 10.5 Å². The molecule has 5 heteroatoms. The normalized spacial score (nSPS) is 12.2.